The fourth-order valence-corrected chi connectivity index (χ4v) is 2.52. The van der Waals surface area contributed by atoms with E-state index in [-0.39, 0.29) is 25.0 Å². The minimum Gasteiger partial charge on any atom is -0.480 e. The van der Waals surface area contributed by atoms with Crippen LogP contribution >= 0.6 is 0 Å². The fraction of sp³-hybridized carbons (Fsp3) is 0.263. The third-order valence-electron chi connectivity index (χ3n) is 3.91. The summed E-state index contributed by atoms with van der Waals surface area (Å²) >= 11 is 0. The Morgan fingerprint density at radius 1 is 1.03 bits per heavy atom. The summed E-state index contributed by atoms with van der Waals surface area (Å²) in [6.45, 7) is -0.103. The van der Waals surface area contributed by atoms with Gasteiger partial charge in [0.15, 0.2) is 0 Å². The van der Waals surface area contributed by atoms with Crippen molar-refractivity contribution >= 4 is 12.1 Å². The van der Waals surface area contributed by atoms with Gasteiger partial charge in [0.05, 0.1) is 0 Å². The van der Waals surface area contributed by atoms with Crippen LogP contribution in [0.5, 0.6) is 0 Å². The number of nitrogens with one attached hydrogen (secondary N) is 1. The van der Waals surface area contributed by atoms with Crippen molar-refractivity contribution < 1.29 is 41.4 Å². The van der Waals surface area contributed by atoms with Crippen molar-refractivity contribution in [2.45, 2.75) is 31.7 Å². The summed E-state index contributed by atoms with van der Waals surface area (Å²) in [5.41, 5.74) is -1.53. The highest BCUT2D eigenvalue weighted by Gasteiger charge is 2.37. The first kappa shape index (κ1) is 22.1. The van der Waals surface area contributed by atoms with Gasteiger partial charge in [-0.25, -0.2) is 18.4 Å². The number of hydrogen-bond acceptors (Lipinski definition) is 3. The molecule has 2 aromatic carbocycles. The molecule has 5 nitrogen and oxygen atoms in total. The van der Waals surface area contributed by atoms with Gasteiger partial charge in [-0.3, -0.25) is 0 Å². The summed E-state index contributed by atoms with van der Waals surface area (Å²) < 4.78 is 69.8. The zero-order chi connectivity index (χ0) is 21.6. The van der Waals surface area contributed by atoms with Gasteiger partial charge >= 0.3 is 18.2 Å². The van der Waals surface area contributed by atoms with Gasteiger partial charge in [-0.1, -0.05) is 30.3 Å². The first-order valence-corrected chi connectivity index (χ1v) is 8.33. The van der Waals surface area contributed by atoms with E-state index in [1.54, 1.807) is 30.3 Å². The quantitative estimate of drug-likeness (QED) is 0.659. The summed E-state index contributed by atoms with van der Waals surface area (Å²) in [6.07, 6.45) is -6.83. The molecule has 0 aromatic heterocycles. The summed E-state index contributed by atoms with van der Waals surface area (Å²) in [7, 11) is 0. The zero-order valence-corrected chi connectivity index (χ0v) is 14.8. The molecule has 0 saturated carbocycles. The average Bonchev–Trinajstić information content (AvgIpc) is 2.62. The van der Waals surface area contributed by atoms with Crippen LogP contribution < -0.4 is 5.32 Å². The van der Waals surface area contributed by atoms with Gasteiger partial charge in [-0.2, -0.15) is 13.2 Å². The second-order valence-electron chi connectivity index (χ2n) is 6.07. The Hall–Kier alpha value is -3.17. The first-order valence-electron chi connectivity index (χ1n) is 8.33. The lowest BCUT2D eigenvalue weighted by atomic mass is 10.0. The highest BCUT2D eigenvalue weighted by Crippen LogP contribution is 2.34. The van der Waals surface area contributed by atoms with E-state index in [1.165, 1.54) is 0 Å². The maximum atomic E-state index is 13.6. The van der Waals surface area contributed by atoms with E-state index < -0.39 is 41.5 Å². The molecule has 0 bridgehead atoms. The molecule has 0 aliphatic heterocycles. The molecule has 2 rings (SSSR count). The van der Waals surface area contributed by atoms with Crippen molar-refractivity contribution in [1.29, 1.82) is 0 Å². The highest BCUT2D eigenvalue weighted by molar-refractivity contribution is 5.79. The van der Waals surface area contributed by atoms with Crippen LogP contribution in [-0.4, -0.2) is 23.2 Å². The number of carboxylic acids is 1. The average molecular weight is 417 g/mol. The lowest BCUT2D eigenvalue weighted by molar-refractivity contribution is -0.142. The molecule has 2 N–H and O–H groups in total. The van der Waals surface area contributed by atoms with Crippen LogP contribution in [0.2, 0.25) is 0 Å². The monoisotopic (exact) mass is 417 g/mol. The van der Waals surface area contributed by atoms with Crippen molar-refractivity contribution in [1.82, 2.24) is 5.32 Å². The summed E-state index contributed by atoms with van der Waals surface area (Å²) in [6, 6.07) is 8.09. The van der Waals surface area contributed by atoms with Crippen molar-refractivity contribution in [3.8, 4) is 0 Å². The van der Waals surface area contributed by atoms with Crippen LogP contribution in [0.25, 0.3) is 0 Å². The Kier molecular flexibility index (Phi) is 7.13. The smallest absolute Gasteiger partial charge is 0.422 e. The van der Waals surface area contributed by atoms with Crippen LogP contribution in [0, 0.1) is 11.6 Å². The van der Waals surface area contributed by atoms with Gasteiger partial charge in [0.2, 0.25) is 0 Å². The van der Waals surface area contributed by atoms with E-state index in [0.29, 0.717) is 17.7 Å². The topological polar surface area (TPSA) is 75.6 Å². The Morgan fingerprint density at radius 3 is 2.14 bits per heavy atom. The predicted octanol–water partition coefficient (Wildman–Crippen LogP) is 4.30. The van der Waals surface area contributed by atoms with Gasteiger partial charge in [0, 0.05) is 0 Å². The zero-order valence-electron chi connectivity index (χ0n) is 14.8. The normalized spacial score (nSPS) is 12.3. The molecule has 0 unspecified atom stereocenters. The van der Waals surface area contributed by atoms with E-state index in [4.69, 9.17) is 4.74 Å². The third-order valence-corrected chi connectivity index (χ3v) is 3.91. The molecule has 0 radical (unpaired) electrons. The number of carbonyl (C=O) groups is 2. The van der Waals surface area contributed by atoms with E-state index >= 15 is 0 Å². The fourth-order valence-electron chi connectivity index (χ4n) is 2.52. The van der Waals surface area contributed by atoms with E-state index in [0.717, 1.165) is 0 Å². The number of ether oxygens (including phenoxy) is 1. The number of alkyl halides is 3. The van der Waals surface area contributed by atoms with Gasteiger partial charge in [0.1, 0.15) is 29.8 Å². The molecule has 0 fully saturated rings. The maximum absolute atomic E-state index is 13.6. The third kappa shape index (κ3) is 6.44. The second kappa shape index (κ2) is 9.35. The van der Waals surface area contributed by atoms with Gasteiger partial charge in [0.25, 0.3) is 0 Å². The summed E-state index contributed by atoms with van der Waals surface area (Å²) in [5, 5.41) is 11.3. The van der Waals surface area contributed by atoms with Crippen molar-refractivity contribution in [2.75, 3.05) is 0 Å². The number of alkyl carbamates (subject to hydrolysis) is 1. The Balaban J connectivity index is 1.97. The minimum absolute atomic E-state index is 0.103. The van der Waals surface area contributed by atoms with Crippen LogP contribution in [0.1, 0.15) is 23.1 Å². The molecular formula is C19H16F5NO4. The van der Waals surface area contributed by atoms with Crippen molar-refractivity contribution in [3.63, 3.8) is 0 Å². The standard InChI is InChI=1S/C19H16F5NO4/c20-13-8-12(9-14(21)16(13)19(22,23)24)6-7-15(17(26)27)25-18(28)29-10-11-4-2-1-3-5-11/h1-5,8-9,15H,6-7,10H2,(H,25,28)(H,26,27)/t15-/m0/s1. The summed E-state index contributed by atoms with van der Waals surface area (Å²) in [4.78, 5) is 23.0. The van der Waals surface area contributed by atoms with Gasteiger partial charge < -0.3 is 15.2 Å². The van der Waals surface area contributed by atoms with Crippen LogP contribution in [0.15, 0.2) is 42.5 Å². The molecule has 2 aromatic rings. The molecule has 0 heterocycles. The van der Waals surface area contributed by atoms with Crippen LogP contribution in [0.3, 0.4) is 0 Å². The van der Waals surface area contributed by atoms with Crippen molar-refractivity contribution in [3.05, 3.63) is 70.8 Å². The Bertz CT molecular complexity index is 848. The lowest BCUT2D eigenvalue weighted by Crippen LogP contribution is -2.41. The van der Waals surface area contributed by atoms with E-state index in [1.807, 2.05) is 0 Å². The van der Waals surface area contributed by atoms with E-state index in [2.05, 4.69) is 5.32 Å². The largest absolute Gasteiger partial charge is 0.480 e. The number of hydrogen-bond donors (Lipinski definition) is 2. The molecule has 0 saturated heterocycles. The number of amides is 1. The number of rotatable bonds is 7. The number of halogens is 5. The molecule has 10 heteroatoms. The van der Waals surface area contributed by atoms with Crippen LogP contribution in [-0.2, 0) is 28.7 Å². The number of carbonyl (C=O) groups excluding carboxylic acids is 1. The predicted molar refractivity (Wildman–Crippen MR) is 90.9 cm³/mol. The highest BCUT2D eigenvalue weighted by atomic mass is 19.4. The first-order chi connectivity index (χ1) is 13.6. The number of aryl methyl sites for hydroxylation is 1. The Morgan fingerprint density at radius 2 is 1.62 bits per heavy atom. The number of carboxylic acid groups (broad SMARTS) is 1. The molecule has 1 amide bonds. The van der Waals surface area contributed by atoms with Crippen LogP contribution in [0.4, 0.5) is 26.7 Å². The maximum Gasteiger partial charge on any atom is 0.422 e. The molecule has 0 aliphatic carbocycles. The van der Waals surface area contributed by atoms with Gasteiger partial charge in [-0.15, -0.1) is 0 Å². The molecule has 1 atom stereocenters. The molecule has 156 valence electrons. The summed E-state index contributed by atoms with van der Waals surface area (Å²) in [5.74, 6) is -5.03. The Labute approximate surface area is 162 Å². The van der Waals surface area contributed by atoms with Crippen molar-refractivity contribution in [2.24, 2.45) is 0 Å². The van der Waals surface area contributed by atoms with Gasteiger partial charge in [-0.05, 0) is 36.1 Å². The molecule has 0 spiro atoms. The SMILES string of the molecule is O=C(N[C@@H](CCc1cc(F)c(C(F)(F)F)c(F)c1)C(=O)O)OCc1ccccc1. The number of benzene rings is 2. The molecule has 0 aliphatic rings. The number of aliphatic carboxylic acids is 1. The minimum atomic E-state index is -5.19. The lowest BCUT2D eigenvalue weighted by Gasteiger charge is -2.15. The van der Waals surface area contributed by atoms with E-state index in [9.17, 15) is 36.6 Å². The second-order valence-corrected chi connectivity index (χ2v) is 6.07. The molecular weight excluding hydrogens is 401 g/mol. The molecule has 29 heavy (non-hydrogen) atoms.